The second-order valence-corrected chi connectivity index (χ2v) is 11.0. The highest BCUT2D eigenvalue weighted by atomic mass is 32.1. The fraction of sp³-hybridized carbons (Fsp3) is 0.667. The Morgan fingerprint density at radius 3 is 2.35 bits per heavy atom. The summed E-state index contributed by atoms with van der Waals surface area (Å²) >= 11 is 1.09. The predicted molar refractivity (Wildman–Crippen MR) is 129 cm³/mol. The van der Waals surface area contributed by atoms with Crippen LogP contribution in [0, 0.1) is 6.92 Å². The summed E-state index contributed by atoms with van der Waals surface area (Å²) in [4.78, 5) is 30.0. The predicted octanol–water partition coefficient (Wildman–Crippen LogP) is 2.56. The minimum absolute atomic E-state index is 0.0550. The van der Waals surface area contributed by atoms with Crippen LogP contribution in [0.5, 0.6) is 0 Å². The molecule has 12 nitrogen and oxygen atoms in total. The van der Waals surface area contributed by atoms with Gasteiger partial charge in [-0.3, -0.25) is 4.79 Å². The maximum atomic E-state index is 13.1. The third-order valence-corrected chi connectivity index (χ3v) is 7.44. The molecule has 0 radical (unpaired) electrons. The summed E-state index contributed by atoms with van der Waals surface area (Å²) in [5.41, 5.74) is 0.570. The van der Waals surface area contributed by atoms with Crippen LogP contribution in [-0.4, -0.2) is 83.6 Å². The summed E-state index contributed by atoms with van der Waals surface area (Å²) in [6, 6.07) is 0. The molecule has 0 aliphatic carbocycles. The molecule has 0 saturated carbocycles. The maximum absolute atomic E-state index is 13.1. The molecule has 13 heteroatoms. The number of hydrogen-bond donors (Lipinski definition) is 0. The molecular weight excluding hydrogens is 506 g/mol. The summed E-state index contributed by atoms with van der Waals surface area (Å²) in [7, 11) is 1.63. The van der Waals surface area contributed by atoms with Gasteiger partial charge in [-0.25, -0.2) is 14.8 Å². The molecule has 37 heavy (non-hydrogen) atoms. The van der Waals surface area contributed by atoms with E-state index in [0.717, 1.165) is 11.3 Å². The lowest BCUT2D eigenvalue weighted by Gasteiger charge is -2.36. The fourth-order valence-corrected chi connectivity index (χ4v) is 5.80. The van der Waals surface area contributed by atoms with E-state index in [1.165, 1.54) is 11.9 Å². The van der Waals surface area contributed by atoms with Gasteiger partial charge in [0.05, 0.1) is 17.2 Å². The first-order chi connectivity index (χ1) is 17.3. The van der Waals surface area contributed by atoms with Crippen LogP contribution >= 0.6 is 11.3 Å². The number of Topliss-reactive ketones (excluding diaryl/α,β-unsaturated/α-hetero) is 1. The molecule has 0 N–H and O–H groups in total. The zero-order chi connectivity index (χ0) is 26.9. The summed E-state index contributed by atoms with van der Waals surface area (Å²) in [5, 5.41) is 6.22. The van der Waals surface area contributed by atoms with E-state index < -0.39 is 48.2 Å². The maximum Gasteiger partial charge on any atom is 0.346 e. The third-order valence-electron chi connectivity index (χ3n) is 6.17. The Hall–Kier alpha value is -2.42. The van der Waals surface area contributed by atoms with Gasteiger partial charge in [0, 0.05) is 14.0 Å². The largest absolute Gasteiger partial charge is 0.462 e. The molecule has 0 aromatic carbocycles. The van der Waals surface area contributed by atoms with Gasteiger partial charge in [0.2, 0.25) is 11.8 Å². The molecule has 0 spiro atoms. The van der Waals surface area contributed by atoms with E-state index in [2.05, 4.69) is 10.1 Å². The molecule has 0 unspecified atom stereocenters. The lowest BCUT2D eigenvalue weighted by Crippen LogP contribution is -2.57. The van der Waals surface area contributed by atoms with Crippen molar-refractivity contribution in [2.75, 3.05) is 13.7 Å². The molecule has 202 valence electrons. The van der Waals surface area contributed by atoms with Crippen molar-refractivity contribution in [2.24, 2.45) is 5.10 Å². The van der Waals surface area contributed by atoms with Crippen LogP contribution in [0.3, 0.4) is 0 Å². The molecule has 1 aromatic rings. The molecule has 5 atom stereocenters. The SMILES string of the molecule is CCOC(=O)/C(=C1\OC([C@H]2O[C@@H]3OC(C)(C)O[C@@H]3[C@H]3OC(C)(C)O[C@H]32)=NN1C)c1nc(C)c(C(C)=O)s1. The van der Waals surface area contributed by atoms with Crippen molar-refractivity contribution in [3.05, 3.63) is 21.5 Å². The van der Waals surface area contributed by atoms with Crippen LogP contribution in [0.1, 0.15) is 61.9 Å². The second kappa shape index (κ2) is 9.10. The molecule has 5 rings (SSSR count). The number of carbonyl (C=O) groups is 2. The van der Waals surface area contributed by atoms with Crippen molar-refractivity contribution in [3.8, 4) is 0 Å². The monoisotopic (exact) mass is 537 g/mol. The number of rotatable bonds is 5. The molecule has 0 bridgehead atoms. The third kappa shape index (κ3) is 4.68. The number of ether oxygens (including phenoxy) is 7. The van der Waals surface area contributed by atoms with E-state index in [0.29, 0.717) is 10.6 Å². The Labute approximate surface area is 218 Å². The average molecular weight is 538 g/mol. The Morgan fingerprint density at radius 1 is 1.05 bits per heavy atom. The second-order valence-electron chi connectivity index (χ2n) is 10.0. The zero-order valence-electron chi connectivity index (χ0n) is 22.0. The van der Waals surface area contributed by atoms with Crippen molar-refractivity contribution in [1.29, 1.82) is 0 Å². The van der Waals surface area contributed by atoms with Crippen molar-refractivity contribution in [2.45, 2.75) is 90.7 Å². The summed E-state index contributed by atoms with van der Waals surface area (Å²) in [6.07, 6.45) is -3.19. The molecule has 4 aliphatic rings. The Bertz CT molecular complexity index is 1190. The number of hydrazone groups is 1. The van der Waals surface area contributed by atoms with Gasteiger partial charge in [0.1, 0.15) is 23.3 Å². The van der Waals surface area contributed by atoms with Crippen LogP contribution in [0.15, 0.2) is 11.0 Å². The highest BCUT2D eigenvalue weighted by Gasteiger charge is 2.62. The number of aryl methyl sites for hydroxylation is 1. The Balaban J connectivity index is 1.51. The van der Waals surface area contributed by atoms with Gasteiger partial charge in [0.25, 0.3) is 0 Å². The number of thiazole rings is 1. The lowest BCUT2D eigenvalue weighted by atomic mass is 9.99. The van der Waals surface area contributed by atoms with E-state index in [4.69, 9.17) is 33.2 Å². The lowest BCUT2D eigenvalue weighted by molar-refractivity contribution is -0.220. The van der Waals surface area contributed by atoms with Gasteiger partial charge in [-0.15, -0.1) is 16.4 Å². The molecule has 4 aliphatic heterocycles. The minimum Gasteiger partial charge on any atom is -0.462 e. The van der Waals surface area contributed by atoms with E-state index in [-0.39, 0.29) is 34.8 Å². The number of hydrogen-bond acceptors (Lipinski definition) is 13. The number of carbonyl (C=O) groups excluding carboxylic acids is 2. The number of esters is 1. The summed E-state index contributed by atoms with van der Waals surface area (Å²) in [6.45, 7) is 12.2. The quantitative estimate of drug-likeness (QED) is 0.312. The van der Waals surface area contributed by atoms with Gasteiger partial charge in [0.15, 0.2) is 35.3 Å². The first kappa shape index (κ1) is 26.2. The molecule has 3 saturated heterocycles. The normalized spacial score (nSPS) is 32.9. The van der Waals surface area contributed by atoms with Crippen molar-refractivity contribution < 1.29 is 42.7 Å². The number of aromatic nitrogens is 1. The van der Waals surface area contributed by atoms with Gasteiger partial charge < -0.3 is 33.2 Å². The summed E-state index contributed by atoms with van der Waals surface area (Å²) < 4.78 is 42.1. The Kier molecular flexibility index (Phi) is 6.44. The molecule has 0 amide bonds. The number of nitrogens with zero attached hydrogens (tertiary/aromatic N) is 3. The zero-order valence-corrected chi connectivity index (χ0v) is 22.8. The smallest absolute Gasteiger partial charge is 0.346 e. The van der Waals surface area contributed by atoms with Crippen LogP contribution in [0.2, 0.25) is 0 Å². The van der Waals surface area contributed by atoms with Crippen LogP contribution in [-0.2, 0) is 38.0 Å². The topological polar surface area (TPSA) is 127 Å². The van der Waals surface area contributed by atoms with Crippen LogP contribution in [0.4, 0.5) is 0 Å². The first-order valence-electron chi connectivity index (χ1n) is 12.1. The molecule has 3 fully saturated rings. The van der Waals surface area contributed by atoms with Crippen molar-refractivity contribution in [1.82, 2.24) is 9.99 Å². The molecule has 1 aromatic heterocycles. The standard InChI is InChI=1S/C24H31N3O9S/c1-9-30-21(29)12(19-25-10(2)17(37-19)11(3)28)20-27(8)26-18(32-20)15-13-14(34-23(4,5)33-13)16-22(31-15)36-24(6,7)35-16/h13-16,22H,9H2,1-8H3/b20-12-/t13-,14+,15+,16-,22-/m1/s1. The highest BCUT2D eigenvalue weighted by Crippen LogP contribution is 2.45. The first-order valence-corrected chi connectivity index (χ1v) is 12.9. The highest BCUT2D eigenvalue weighted by molar-refractivity contribution is 7.15. The van der Waals surface area contributed by atoms with Gasteiger partial charge in [-0.05, 0) is 41.5 Å². The van der Waals surface area contributed by atoms with Crippen molar-refractivity contribution in [3.63, 3.8) is 0 Å². The minimum atomic E-state index is -0.900. The number of fused-ring (bicyclic) bond motifs is 3. The molecular formula is C24H31N3O9S. The fourth-order valence-electron chi connectivity index (χ4n) is 4.82. The van der Waals surface area contributed by atoms with Gasteiger partial charge >= 0.3 is 5.97 Å². The average Bonchev–Trinajstić information content (AvgIpc) is 3.51. The van der Waals surface area contributed by atoms with Gasteiger partial charge in [-0.2, -0.15) is 0 Å². The van der Waals surface area contributed by atoms with Gasteiger partial charge in [-0.1, -0.05) is 0 Å². The molecule has 5 heterocycles. The Morgan fingerprint density at radius 2 is 1.70 bits per heavy atom. The van der Waals surface area contributed by atoms with E-state index in [9.17, 15) is 9.59 Å². The van der Waals surface area contributed by atoms with E-state index in [1.807, 2.05) is 13.8 Å². The number of ketones is 1. The van der Waals surface area contributed by atoms with E-state index >= 15 is 0 Å². The van der Waals surface area contributed by atoms with Crippen molar-refractivity contribution >= 4 is 34.6 Å². The summed E-state index contributed by atoms with van der Waals surface area (Å²) in [5.74, 6) is -2.32. The van der Waals surface area contributed by atoms with E-state index in [1.54, 1.807) is 34.7 Å². The van der Waals surface area contributed by atoms with Crippen LogP contribution < -0.4 is 0 Å². The van der Waals surface area contributed by atoms with Crippen LogP contribution in [0.25, 0.3) is 5.57 Å².